The number of benzene rings is 1. The second-order valence-corrected chi connectivity index (χ2v) is 6.24. The average Bonchev–Trinajstić information content (AvgIpc) is 3.06. The van der Waals surface area contributed by atoms with Gasteiger partial charge in [-0.25, -0.2) is 4.79 Å². The third kappa shape index (κ3) is 3.50. The minimum atomic E-state index is -0.352. The lowest BCUT2D eigenvalue weighted by Crippen LogP contribution is -2.43. The van der Waals surface area contributed by atoms with Crippen LogP contribution in [0.2, 0.25) is 0 Å². The molecule has 0 atom stereocenters. The summed E-state index contributed by atoms with van der Waals surface area (Å²) in [6.45, 7) is 1.51. The van der Waals surface area contributed by atoms with Crippen molar-refractivity contribution in [2.75, 3.05) is 13.1 Å². The molecule has 0 aliphatic carbocycles. The second kappa shape index (κ2) is 6.78. The summed E-state index contributed by atoms with van der Waals surface area (Å²) in [4.78, 5) is 24.7. The van der Waals surface area contributed by atoms with E-state index in [0.717, 1.165) is 17.5 Å². The lowest BCUT2D eigenvalue weighted by atomic mass is 9.98. The molecule has 23 heavy (non-hydrogen) atoms. The molecule has 0 saturated carbocycles. The van der Waals surface area contributed by atoms with E-state index < -0.39 is 0 Å². The van der Waals surface area contributed by atoms with E-state index in [9.17, 15) is 14.9 Å². The number of urea groups is 1. The van der Waals surface area contributed by atoms with Crippen LogP contribution >= 0.6 is 11.3 Å². The van der Waals surface area contributed by atoms with Gasteiger partial charge in [0.1, 0.15) is 0 Å². The summed E-state index contributed by atoms with van der Waals surface area (Å²) in [7, 11) is 0. The molecule has 120 valence electrons. The first-order chi connectivity index (χ1) is 11.1. The predicted octanol–water partition coefficient (Wildman–Crippen LogP) is 2.97. The van der Waals surface area contributed by atoms with Gasteiger partial charge in [0.2, 0.25) is 0 Å². The van der Waals surface area contributed by atoms with E-state index in [4.69, 9.17) is 0 Å². The number of thiophene rings is 1. The Bertz CT molecular complexity index is 715. The van der Waals surface area contributed by atoms with Crippen molar-refractivity contribution in [2.45, 2.75) is 19.4 Å². The lowest BCUT2D eigenvalue weighted by molar-refractivity contribution is -0.385. The summed E-state index contributed by atoms with van der Waals surface area (Å²) in [6.07, 6.45) is 1.33. The largest absolute Gasteiger partial charge is 0.338 e. The van der Waals surface area contributed by atoms with Crippen LogP contribution in [0.5, 0.6) is 0 Å². The second-order valence-electron chi connectivity index (χ2n) is 5.46. The molecule has 1 aliphatic heterocycles. The summed E-state index contributed by atoms with van der Waals surface area (Å²) in [6, 6.07) is 6.99. The number of hydrogen-bond donors (Lipinski definition) is 1. The summed E-state index contributed by atoms with van der Waals surface area (Å²) in [5.74, 6) is 0. The number of fused-ring (bicyclic) bond motifs is 1. The van der Waals surface area contributed by atoms with Crippen molar-refractivity contribution in [1.82, 2.24) is 10.2 Å². The molecular weight excluding hydrogens is 314 g/mol. The molecule has 1 N–H and O–H groups in total. The predicted molar refractivity (Wildman–Crippen MR) is 88.6 cm³/mol. The molecule has 0 spiro atoms. The van der Waals surface area contributed by atoms with Gasteiger partial charge in [0.05, 0.1) is 4.92 Å². The smallest absolute Gasteiger partial charge is 0.317 e. The van der Waals surface area contributed by atoms with Crippen LogP contribution in [-0.4, -0.2) is 28.9 Å². The molecule has 0 saturated heterocycles. The normalized spacial score (nSPS) is 13.5. The van der Waals surface area contributed by atoms with Crippen LogP contribution in [0.25, 0.3) is 0 Å². The Hall–Kier alpha value is -2.41. The summed E-state index contributed by atoms with van der Waals surface area (Å²) < 4.78 is 0. The van der Waals surface area contributed by atoms with E-state index >= 15 is 0 Å². The average molecular weight is 331 g/mol. The molecule has 1 aromatic carbocycles. The van der Waals surface area contributed by atoms with Gasteiger partial charge in [-0.15, -0.1) is 0 Å². The van der Waals surface area contributed by atoms with E-state index in [1.54, 1.807) is 22.3 Å². The van der Waals surface area contributed by atoms with Gasteiger partial charge < -0.3 is 10.2 Å². The fourth-order valence-corrected chi connectivity index (χ4v) is 3.50. The van der Waals surface area contributed by atoms with Crippen LogP contribution in [-0.2, 0) is 19.4 Å². The van der Waals surface area contributed by atoms with Crippen molar-refractivity contribution in [3.05, 3.63) is 61.8 Å². The summed E-state index contributed by atoms with van der Waals surface area (Å²) >= 11 is 1.64. The third-order valence-corrected chi connectivity index (χ3v) is 4.73. The van der Waals surface area contributed by atoms with Crippen molar-refractivity contribution in [1.29, 1.82) is 0 Å². The Morgan fingerprint density at radius 3 is 3.00 bits per heavy atom. The Kier molecular flexibility index (Phi) is 4.57. The van der Waals surface area contributed by atoms with E-state index in [2.05, 4.69) is 10.7 Å². The van der Waals surface area contributed by atoms with Crippen LogP contribution in [0.15, 0.2) is 35.0 Å². The van der Waals surface area contributed by atoms with Crippen LogP contribution in [0.1, 0.15) is 16.7 Å². The van der Waals surface area contributed by atoms with Gasteiger partial charge in [0.25, 0.3) is 5.69 Å². The molecule has 0 fully saturated rings. The van der Waals surface area contributed by atoms with E-state index in [1.165, 1.54) is 11.6 Å². The number of amides is 2. The molecule has 2 amide bonds. The summed E-state index contributed by atoms with van der Waals surface area (Å²) in [5, 5.41) is 18.1. The van der Waals surface area contributed by atoms with Crippen LogP contribution in [0, 0.1) is 10.1 Å². The highest BCUT2D eigenvalue weighted by molar-refractivity contribution is 7.07. The Balaban J connectivity index is 1.59. The van der Waals surface area contributed by atoms with Gasteiger partial charge in [0.15, 0.2) is 0 Å². The number of hydrogen-bond acceptors (Lipinski definition) is 4. The van der Waals surface area contributed by atoms with E-state index in [1.807, 2.05) is 17.5 Å². The number of rotatable bonds is 4. The molecular formula is C16H17N3O3S. The molecule has 6 nitrogen and oxygen atoms in total. The van der Waals surface area contributed by atoms with Gasteiger partial charge in [-0.1, -0.05) is 12.1 Å². The summed E-state index contributed by atoms with van der Waals surface area (Å²) in [5.41, 5.74) is 2.98. The van der Waals surface area contributed by atoms with Gasteiger partial charge in [-0.3, -0.25) is 10.1 Å². The molecule has 0 bridgehead atoms. The highest BCUT2D eigenvalue weighted by atomic mass is 32.1. The van der Waals surface area contributed by atoms with Gasteiger partial charge in [-0.05, 0) is 40.8 Å². The number of carbonyl (C=O) groups excluding carboxylic acids is 1. The minimum absolute atomic E-state index is 0.114. The van der Waals surface area contributed by atoms with Gasteiger partial charge in [0, 0.05) is 31.3 Å². The Morgan fingerprint density at radius 1 is 1.39 bits per heavy atom. The van der Waals surface area contributed by atoms with Gasteiger partial charge >= 0.3 is 6.03 Å². The van der Waals surface area contributed by atoms with Crippen LogP contribution in [0.3, 0.4) is 0 Å². The zero-order valence-corrected chi connectivity index (χ0v) is 13.3. The van der Waals surface area contributed by atoms with Crippen molar-refractivity contribution >= 4 is 23.1 Å². The van der Waals surface area contributed by atoms with Gasteiger partial charge in [-0.2, -0.15) is 11.3 Å². The monoisotopic (exact) mass is 331 g/mol. The first-order valence-electron chi connectivity index (χ1n) is 7.44. The number of nitro groups is 1. The Morgan fingerprint density at radius 2 is 2.26 bits per heavy atom. The molecule has 1 aromatic heterocycles. The zero-order chi connectivity index (χ0) is 16.2. The maximum atomic E-state index is 12.2. The molecule has 1 aliphatic rings. The standard InChI is InChI=1S/C16H17N3O3S/c20-16(17-7-4-12-6-9-23-11-12)18-8-5-14-13(10-18)2-1-3-15(14)19(21)22/h1-3,6,9,11H,4-5,7-8,10H2,(H,17,20). The molecule has 7 heteroatoms. The topological polar surface area (TPSA) is 75.5 Å². The van der Waals surface area contributed by atoms with Crippen LogP contribution < -0.4 is 5.32 Å². The molecule has 2 aromatic rings. The van der Waals surface area contributed by atoms with Crippen molar-refractivity contribution in [3.63, 3.8) is 0 Å². The van der Waals surface area contributed by atoms with E-state index in [0.29, 0.717) is 26.1 Å². The van der Waals surface area contributed by atoms with Crippen LogP contribution in [0.4, 0.5) is 10.5 Å². The zero-order valence-electron chi connectivity index (χ0n) is 12.5. The highest BCUT2D eigenvalue weighted by Gasteiger charge is 2.25. The molecule has 0 unspecified atom stereocenters. The first kappa shape index (κ1) is 15.5. The third-order valence-electron chi connectivity index (χ3n) is 4.00. The molecule has 3 rings (SSSR count). The maximum Gasteiger partial charge on any atom is 0.317 e. The minimum Gasteiger partial charge on any atom is -0.338 e. The fraction of sp³-hybridized carbons (Fsp3) is 0.312. The maximum absolute atomic E-state index is 12.2. The number of nitro benzene ring substituents is 1. The van der Waals surface area contributed by atoms with E-state index in [-0.39, 0.29) is 16.6 Å². The number of nitrogens with one attached hydrogen (secondary N) is 1. The van der Waals surface area contributed by atoms with Crippen molar-refractivity contribution in [2.24, 2.45) is 0 Å². The fourth-order valence-electron chi connectivity index (χ4n) is 2.79. The lowest BCUT2D eigenvalue weighted by Gasteiger charge is -2.28. The highest BCUT2D eigenvalue weighted by Crippen LogP contribution is 2.27. The SMILES string of the molecule is O=C(NCCc1ccsc1)N1CCc2c(cccc2[N+](=O)[O-])C1. The van der Waals surface area contributed by atoms with Crippen molar-refractivity contribution < 1.29 is 9.72 Å². The van der Waals surface area contributed by atoms with Crippen molar-refractivity contribution in [3.8, 4) is 0 Å². The molecule has 0 radical (unpaired) electrons. The number of carbonyl (C=O) groups is 1. The number of nitrogens with zero attached hydrogens (tertiary/aromatic N) is 2. The quantitative estimate of drug-likeness (QED) is 0.691. The first-order valence-corrected chi connectivity index (χ1v) is 8.38. The Labute approximate surface area is 137 Å². The molecule has 2 heterocycles.